The van der Waals surface area contributed by atoms with Crippen LogP contribution in [0, 0.1) is 0 Å². The molecule has 0 amide bonds. The van der Waals surface area contributed by atoms with Gasteiger partial charge in [-0.1, -0.05) is 11.6 Å². The van der Waals surface area contributed by atoms with Gasteiger partial charge in [0, 0.05) is 22.2 Å². The zero-order valence-corrected chi connectivity index (χ0v) is 10.3. The van der Waals surface area contributed by atoms with Crippen LogP contribution in [0.5, 0.6) is 0 Å². The topological polar surface area (TPSA) is 46.2 Å². The van der Waals surface area contributed by atoms with Gasteiger partial charge in [-0.25, -0.2) is 0 Å². The fourth-order valence-electron chi connectivity index (χ4n) is 1.02. The van der Waals surface area contributed by atoms with Crippen LogP contribution in [0.25, 0.3) is 0 Å². The number of nitrogens with two attached hydrogens (primary N) is 1. The van der Waals surface area contributed by atoms with Gasteiger partial charge >= 0.3 is 0 Å². The zero-order chi connectivity index (χ0) is 11.3. The molecule has 0 saturated carbocycles. The Balaban J connectivity index is 2.35. The van der Waals surface area contributed by atoms with E-state index in [-0.39, 0.29) is 0 Å². The first-order valence-electron chi connectivity index (χ1n) is 4.84. The molecule has 0 heterocycles. The maximum Gasteiger partial charge on any atom is 0.0749 e. The molecule has 0 aromatic heterocycles. The molecule has 0 spiro atoms. The summed E-state index contributed by atoms with van der Waals surface area (Å²) in [6.07, 6.45) is 0.691. The van der Waals surface area contributed by atoms with Gasteiger partial charge in [-0.2, -0.15) is 0 Å². The second-order valence-corrected chi connectivity index (χ2v) is 5.36. The number of thioether (sulfide) groups is 1. The van der Waals surface area contributed by atoms with Gasteiger partial charge < -0.3 is 10.8 Å². The molecule has 84 valence electrons. The van der Waals surface area contributed by atoms with Gasteiger partial charge in [0.25, 0.3) is 0 Å². The first-order chi connectivity index (χ1) is 7.03. The van der Waals surface area contributed by atoms with Gasteiger partial charge in [-0.15, -0.1) is 11.8 Å². The molecule has 1 aromatic rings. The maximum absolute atomic E-state index is 9.69. The summed E-state index contributed by atoms with van der Waals surface area (Å²) in [7, 11) is 0. The molecule has 15 heavy (non-hydrogen) atoms. The number of benzene rings is 1. The molecule has 0 aliphatic heterocycles. The van der Waals surface area contributed by atoms with Crippen LogP contribution < -0.4 is 5.73 Å². The molecule has 1 aromatic carbocycles. The molecule has 0 bridgehead atoms. The second-order valence-electron chi connectivity index (χ2n) is 3.75. The molecule has 4 heteroatoms. The van der Waals surface area contributed by atoms with Crippen LogP contribution in [0.1, 0.15) is 13.3 Å². The summed E-state index contributed by atoms with van der Waals surface area (Å²) >= 11 is 7.47. The Hall–Kier alpha value is -0.220. The number of hydrogen-bond donors (Lipinski definition) is 2. The third-order valence-electron chi connectivity index (χ3n) is 2.16. The minimum absolute atomic E-state index is 0.300. The Bertz CT molecular complexity index is 300. The van der Waals surface area contributed by atoms with Gasteiger partial charge in [-0.05, 0) is 37.6 Å². The van der Waals surface area contributed by atoms with Crippen molar-refractivity contribution in [1.29, 1.82) is 0 Å². The van der Waals surface area contributed by atoms with E-state index in [1.807, 2.05) is 24.3 Å². The summed E-state index contributed by atoms with van der Waals surface area (Å²) in [6.45, 7) is 2.06. The van der Waals surface area contributed by atoms with Crippen molar-refractivity contribution in [3.8, 4) is 0 Å². The summed E-state index contributed by atoms with van der Waals surface area (Å²) in [4.78, 5) is 1.16. The highest BCUT2D eigenvalue weighted by Crippen LogP contribution is 2.23. The van der Waals surface area contributed by atoms with Crippen LogP contribution in [0.3, 0.4) is 0 Å². The summed E-state index contributed by atoms with van der Waals surface area (Å²) in [5.41, 5.74) is 4.68. The van der Waals surface area contributed by atoms with Crippen molar-refractivity contribution < 1.29 is 5.11 Å². The summed E-state index contributed by atoms with van der Waals surface area (Å²) in [5, 5.41) is 10.4. The molecule has 3 N–H and O–H groups in total. The van der Waals surface area contributed by atoms with Crippen molar-refractivity contribution in [2.24, 2.45) is 5.73 Å². The normalized spacial score (nSPS) is 14.9. The fraction of sp³-hybridized carbons (Fsp3) is 0.455. The Morgan fingerprint density at radius 3 is 2.53 bits per heavy atom. The van der Waals surface area contributed by atoms with Crippen molar-refractivity contribution in [2.45, 2.75) is 23.8 Å². The molecule has 1 atom stereocenters. The van der Waals surface area contributed by atoms with Crippen LogP contribution in [-0.4, -0.2) is 23.0 Å². The molecule has 0 radical (unpaired) electrons. The molecule has 0 saturated heterocycles. The maximum atomic E-state index is 9.69. The van der Waals surface area contributed by atoms with Crippen molar-refractivity contribution in [1.82, 2.24) is 0 Å². The summed E-state index contributed by atoms with van der Waals surface area (Å²) < 4.78 is 0. The van der Waals surface area contributed by atoms with E-state index in [4.69, 9.17) is 17.3 Å². The minimum Gasteiger partial charge on any atom is -0.389 e. The largest absolute Gasteiger partial charge is 0.389 e. The van der Waals surface area contributed by atoms with Gasteiger partial charge in [0.1, 0.15) is 0 Å². The lowest BCUT2D eigenvalue weighted by molar-refractivity contribution is 0.0665. The molecular formula is C11H16ClNOS. The van der Waals surface area contributed by atoms with Crippen molar-refractivity contribution in [3.05, 3.63) is 29.3 Å². The highest BCUT2D eigenvalue weighted by molar-refractivity contribution is 7.99. The van der Waals surface area contributed by atoms with E-state index < -0.39 is 5.60 Å². The zero-order valence-electron chi connectivity index (χ0n) is 8.74. The number of hydrogen-bond acceptors (Lipinski definition) is 3. The Morgan fingerprint density at radius 1 is 1.40 bits per heavy atom. The van der Waals surface area contributed by atoms with Crippen LogP contribution in [0.4, 0.5) is 0 Å². The van der Waals surface area contributed by atoms with E-state index in [1.54, 1.807) is 18.7 Å². The van der Waals surface area contributed by atoms with Gasteiger partial charge in [-0.3, -0.25) is 0 Å². The van der Waals surface area contributed by atoms with Crippen LogP contribution in [0.2, 0.25) is 5.02 Å². The fourth-order valence-corrected chi connectivity index (χ4v) is 2.25. The first-order valence-corrected chi connectivity index (χ1v) is 6.21. The summed E-state index contributed by atoms with van der Waals surface area (Å²) in [5.74, 6) is 0.853. The molecule has 0 aliphatic carbocycles. The monoisotopic (exact) mass is 245 g/mol. The van der Waals surface area contributed by atoms with Crippen LogP contribution >= 0.6 is 23.4 Å². The highest BCUT2D eigenvalue weighted by atomic mass is 35.5. The predicted molar refractivity (Wildman–Crippen MR) is 66.5 cm³/mol. The first kappa shape index (κ1) is 12.8. The standard InChI is InChI=1S/C11H16ClNOS/c1-11(14,8-13)6-7-15-10-4-2-9(12)3-5-10/h2-5,14H,6-8,13H2,1H3. The van der Waals surface area contributed by atoms with Gasteiger partial charge in [0.05, 0.1) is 5.60 Å². The number of halogens is 1. The quantitative estimate of drug-likeness (QED) is 0.784. The average molecular weight is 246 g/mol. The van der Waals surface area contributed by atoms with E-state index in [1.165, 1.54) is 0 Å². The Labute approximate surface area is 99.8 Å². The van der Waals surface area contributed by atoms with E-state index in [0.717, 1.165) is 15.7 Å². The number of aliphatic hydroxyl groups is 1. The summed E-state index contributed by atoms with van der Waals surface area (Å²) in [6, 6.07) is 7.68. The second kappa shape index (κ2) is 5.75. The molecule has 2 nitrogen and oxygen atoms in total. The lowest BCUT2D eigenvalue weighted by Gasteiger charge is -2.20. The third-order valence-corrected chi connectivity index (χ3v) is 3.43. The smallest absolute Gasteiger partial charge is 0.0749 e. The average Bonchev–Trinajstić information content (AvgIpc) is 2.21. The van der Waals surface area contributed by atoms with Crippen molar-refractivity contribution in [2.75, 3.05) is 12.3 Å². The highest BCUT2D eigenvalue weighted by Gasteiger charge is 2.16. The van der Waals surface area contributed by atoms with Crippen LogP contribution in [-0.2, 0) is 0 Å². The lowest BCUT2D eigenvalue weighted by Crippen LogP contribution is -2.34. The molecule has 0 fully saturated rings. The molecule has 1 rings (SSSR count). The van der Waals surface area contributed by atoms with E-state index >= 15 is 0 Å². The SMILES string of the molecule is CC(O)(CN)CCSc1ccc(Cl)cc1. The molecular weight excluding hydrogens is 230 g/mol. The van der Waals surface area contributed by atoms with Crippen molar-refractivity contribution in [3.63, 3.8) is 0 Å². The van der Waals surface area contributed by atoms with Gasteiger partial charge in [0.15, 0.2) is 0 Å². The predicted octanol–water partition coefficient (Wildman–Crippen LogP) is 2.53. The van der Waals surface area contributed by atoms with E-state index in [9.17, 15) is 5.11 Å². The molecule has 1 unspecified atom stereocenters. The Morgan fingerprint density at radius 2 is 2.00 bits per heavy atom. The van der Waals surface area contributed by atoms with Gasteiger partial charge in [0.2, 0.25) is 0 Å². The minimum atomic E-state index is -0.751. The van der Waals surface area contributed by atoms with Crippen molar-refractivity contribution >= 4 is 23.4 Å². The van der Waals surface area contributed by atoms with Crippen LogP contribution in [0.15, 0.2) is 29.2 Å². The lowest BCUT2D eigenvalue weighted by atomic mass is 10.1. The van der Waals surface area contributed by atoms with E-state index in [2.05, 4.69) is 0 Å². The molecule has 0 aliphatic rings. The third kappa shape index (κ3) is 4.89. The Kier molecular flexibility index (Phi) is 4.93. The number of rotatable bonds is 5. The van der Waals surface area contributed by atoms with E-state index in [0.29, 0.717) is 13.0 Å².